The molecule has 3 heteroatoms. The summed E-state index contributed by atoms with van der Waals surface area (Å²) < 4.78 is 4.84. The average molecular weight is 159 g/mol. The van der Waals surface area contributed by atoms with E-state index in [4.69, 9.17) is 10.5 Å². The van der Waals surface area contributed by atoms with E-state index in [0.717, 1.165) is 25.7 Å². The molecule has 0 aromatic heterocycles. The Morgan fingerprint density at radius 2 is 2.18 bits per heavy atom. The van der Waals surface area contributed by atoms with Crippen molar-refractivity contribution in [2.45, 2.75) is 45.6 Å². The van der Waals surface area contributed by atoms with Crippen LogP contribution in [0.3, 0.4) is 0 Å². The van der Waals surface area contributed by atoms with Crippen LogP contribution in [0.5, 0.6) is 0 Å². The Kier molecular flexibility index (Phi) is 5.61. The lowest BCUT2D eigenvalue weighted by Gasteiger charge is -2.13. The van der Waals surface area contributed by atoms with Gasteiger partial charge in [0.15, 0.2) is 0 Å². The zero-order valence-electron chi connectivity index (χ0n) is 7.30. The number of hydrogen-bond donors (Lipinski definition) is 1. The first kappa shape index (κ1) is 10.3. The first-order valence-corrected chi connectivity index (χ1v) is 4.16. The van der Waals surface area contributed by atoms with Gasteiger partial charge in [-0.3, -0.25) is 0 Å². The van der Waals surface area contributed by atoms with Crippen molar-refractivity contribution in [1.82, 2.24) is 0 Å². The SMILES string of the molecule is CCCCC(CC)OC(N)=O. The summed E-state index contributed by atoms with van der Waals surface area (Å²) in [6.45, 7) is 4.10. The Morgan fingerprint density at radius 3 is 2.55 bits per heavy atom. The van der Waals surface area contributed by atoms with E-state index in [1.165, 1.54) is 0 Å². The monoisotopic (exact) mass is 159 g/mol. The van der Waals surface area contributed by atoms with E-state index in [0.29, 0.717) is 0 Å². The minimum Gasteiger partial charge on any atom is -0.446 e. The minimum atomic E-state index is -0.659. The van der Waals surface area contributed by atoms with Gasteiger partial charge in [0.05, 0.1) is 0 Å². The van der Waals surface area contributed by atoms with Crippen LogP contribution in [-0.4, -0.2) is 12.2 Å². The van der Waals surface area contributed by atoms with Gasteiger partial charge >= 0.3 is 6.09 Å². The van der Waals surface area contributed by atoms with Crippen molar-refractivity contribution in [3.63, 3.8) is 0 Å². The average Bonchev–Trinajstić information content (AvgIpc) is 1.97. The molecule has 0 aromatic carbocycles. The van der Waals surface area contributed by atoms with Crippen LogP contribution in [0.1, 0.15) is 39.5 Å². The van der Waals surface area contributed by atoms with Gasteiger partial charge in [0.2, 0.25) is 0 Å². The zero-order valence-corrected chi connectivity index (χ0v) is 7.30. The quantitative estimate of drug-likeness (QED) is 0.667. The predicted molar refractivity (Wildman–Crippen MR) is 44.3 cm³/mol. The van der Waals surface area contributed by atoms with Crippen molar-refractivity contribution in [3.8, 4) is 0 Å². The highest BCUT2D eigenvalue weighted by molar-refractivity contribution is 5.64. The number of rotatable bonds is 5. The molecule has 66 valence electrons. The maximum Gasteiger partial charge on any atom is 0.404 e. The summed E-state index contributed by atoms with van der Waals surface area (Å²) in [7, 11) is 0. The van der Waals surface area contributed by atoms with Gasteiger partial charge < -0.3 is 10.5 Å². The molecule has 0 aliphatic carbocycles. The van der Waals surface area contributed by atoms with Crippen LogP contribution in [0.4, 0.5) is 4.79 Å². The fourth-order valence-electron chi connectivity index (χ4n) is 0.942. The van der Waals surface area contributed by atoms with E-state index >= 15 is 0 Å². The fourth-order valence-corrected chi connectivity index (χ4v) is 0.942. The van der Waals surface area contributed by atoms with Crippen molar-refractivity contribution < 1.29 is 9.53 Å². The van der Waals surface area contributed by atoms with Gasteiger partial charge in [-0.1, -0.05) is 26.7 Å². The van der Waals surface area contributed by atoms with E-state index in [1.54, 1.807) is 0 Å². The molecule has 0 bridgehead atoms. The van der Waals surface area contributed by atoms with E-state index in [-0.39, 0.29) is 6.10 Å². The third-order valence-electron chi connectivity index (χ3n) is 1.62. The second-order valence-electron chi connectivity index (χ2n) is 2.61. The lowest BCUT2D eigenvalue weighted by Crippen LogP contribution is -2.22. The van der Waals surface area contributed by atoms with Gasteiger partial charge in [-0.2, -0.15) is 0 Å². The number of nitrogens with two attached hydrogens (primary N) is 1. The Hall–Kier alpha value is -0.730. The molecule has 1 unspecified atom stereocenters. The molecule has 0 saturated heterocycles. The Bertz CT molecular complexity index is 115. The molecule has 0 aromatic rings. The molecule has 0 spiro atoms. The molecular weight excluding hydrogens is 142 g/mol. The van der Waals surface area contributed by atoms with Gasteiger partial charge in [0, 0.05) is 0 Å². The number of amides is 1. The molecule has 0 radical (unpaired) electrons. The number of carbonyl (C=O) groups is 1. The number of primary amides is 1. The first-order chi connectivity index (χ1) is 5.20. The van der Waals surface area contributed by atoms with Crippen LogP contribution in [0, 0.1) is 0 Å². The van der Waals surface area contributed by atoms with Crippen LogP contribution >= 0.6 is 0 Å². The summed E-state index contributed by atoms with van der Waals surface area (Å²) >= 11 is 0. The van der Waals surface area contributed by atoms with E-state index < -0.39 is 6.09 Å². The van der Waals surface area contributed by atoms with Gasteiger partial charge in [-0.15, -0.1) is 0 Å². The second kappa shape index (κ2) is 6.01. The van der Waals surface area contributed by atoms with E-state index in [2.05, 4.69) is 6.92 Å². The van der Waals surface area contributed by atoms with Crippen LogP contribution in [-0.2, 0) is 4.74 Å². The molecule has 1 atom stereocenters. The van der Waals surface area contributed by atoms with Crippen molar-refractivity contribution in [1.29, 1.82) is 0 Å². The minimum absolute atomic E-state index is 0.0208. The van der Waals surface area contributed by atoms with Gasteiger partial charge in [-0.05, 0) is 12.8 Å². The van der Waals surface area contributed by atoms with E-state index in [1.807, 2.05) is 6.92 Å². The number of unbranched alkanes of at least 4 members (excludes halogenated alkanes) is 1. The molecule has 0 heterocycles. The van der Waals surface area contributed by atoms with Crippen molar-refractivity contribution in [3.05, 3.63) is 0 Å². The predicted octanol–water partition coefficient (Wildman–Crippen LogP) is 2.05. The molecule has 11 heavy (non-hydrogen) atoms. The topological polar surface area (TPSA) is 52.3 Å². The zero-order chi connectivity index (χ0) is 8.69. The lowest BCUT2D eigenvalue weighted by molar-refractivity contribution is 0.0973. The summed E-state index contributed by atoms with van der Waals surface area (Å²) in [4.78, 5) is 10.3. The molecular formula is C8H17NO2. The van der Waals surface area contributed by atoms with Crippen molar-refractivity contribution >= 4 is 6.09 Å². The molecule has 0 saturated carbocycles. The van der Waals surface area contributed by atoms with E-state index in [9.17, 15) is 4.79 Å². The molecule has 3 nitrogen and oxygen atoms in total. The molecule has 0 aliphatic heterocycles. The summed E-state index contributed by atoms with van der Waals surface area (Å²) in [5.41, 5.74) is 4.88. The Labute approximate surface area is 67.9 Å². The highest BCUT2D eigenvalue weighted by atomic mass is 16.6. The summed E-state index contributed by atoms with van der Waals surface area (Å²) in [6.07, 6.45) is 3.35. The van der Waals surface area contributed by atoms with Gasteiger partial charge in [0.25, 0.3) is 0 Å². The number of carbonyl (C=O) groups excluding carboxylic acids is 1. The van der Waals surface area contributed by atoms with Crippen LogP contribution in [0.2, 0.25) is 0 Å². The first-order valence-electron chi connectivity index (χ1n) is 4.16. The largest absolute Gasteiger partial charge is 0.446 e. The summed E-state index contributed by atoms with van der Waals surface area (Å²) in [5.74, 6) is 0. The summed E-state index contributed by atoms with van der Waals surface area (Å²) in [5, 5.41) is 0. The molecule has 1 amide bonds. The molecule has 0 fully saturated rings. The second-order valence-corrected chi connectivity index (χ2v) is 2.61. The van der Waals surface area contributed by atoms with Gasteiger partial charge in [0.1, 0.15) is 6.10 Å². The smallest absolute Gasteiger partial charge is 0.404 e. The van der Waals surface area contributed by atoms with Crippen molar-refractivity contribution in [2.24, 2.45) is 5.73 Å². The molecule has 0 rings (SSSR count). The maximum atomic E-state index is 10.3. The molecule has 2 N–H and O–H groups in total. The maximum absolute atomic E-state index is 10.3. The summed E-state index contributed by atoms with van der Waals surface area (Å²) in [6, 6.07) is 0. The van der Waals surface area contributed by atoms with Crippen LogP contribution < -0.4 is 5.73 Å². The highest BCUT2D eigenvalue weighted by Gasteiger charge is 2.07. The standard InChI is InChI=1S/C8H17NO2/c1-3-5-6-7(4-2)11-8(9)10/h7H,3-6H2,1-2H3,(H2,9,10). The molecule has 0 aliphatic rings. The number of hydrogen-bond acceptors (Lipinski definition) is 2. The van der Waals surface area contributed by atoms with Crippen LogP contribution in [0.15, 0.2) is 0 Å². The van der Waals surface area contributed by atoms with Crippen LogP contribution in [0.25, 0.3) is 0 Å². The normalized spacial score (nSPS) is 12.5. The third-order valence-corrected chi connectivity index (χ3v) is 1.62. The Balaban J connectivity index is 3.49. The third kappa shape index (κ3) is 5.70. The number of ether oxygens (including phenoxy) is 1. The lowest BCUT2D eigenvalue weighted by atomic mass is 10.1. The van der Waals surface area contributed by atoms with Crippen molar-refractivity contribution in [2.75, 3.05) is 0 Å². The van der Waals surface area contributed by atoms with Gasteiger partial charge in [-0.25, -0.2) is 4.79 Å². The Morgan fingerprint density at radius 1 is 1.55 bits per heavy atom. The fraction of sp³-hybridized carbons (Fsp3) is 0.875. The highest BCUT2D eigenvalue weighted by Crippen LogP contribution is 2.07.